The highest BCUT2D eigenvalue weighted by atomic mass is 19.1. The molecule has 118 valence electrons. The van der Waals surface area contributed by atoms with Crippen molar-refractivity contribution >= 4 is 0 Å². The van der Waals surface area contributed by atoms with Gasteiger partial charge in [-0.3, -0.25) is 4.79 Å². The number of H-pyrrole nitrogens is 1. The van der Waals surface area contributed by atoms with Crippen molar-refractivity contribution in [3.63, 3.8) is 0 Å². The van der Waals surface area contributed by atoms with E-state index in [0.717, 1.165) is 11.4 Å². The van der Waals surface area contributed by atoms with E-state index in [4.69, 9.17) is 4.74 Å². The normalized spacial score (nSPS) is 10.7. The maximum Gasteiger partial charge on any atom is 0.256 e. The Kier molecular flexibility index (Phi) is 3.97. The summed E-state index contributed by atoms with van der Waals surface area (Å²) < 4.78 is 20.4. The van der Waals surface area contributed by atoms with E-state index in [2.05, 4.69) is 9.97 Å². The van der Waals surface area contributed by atoms with Crippen molar-refractivity contribution in [3.05, 3.63) is 70.4 Å². The number of aryl methyl sites for hydroxylation is 1. The summed E-state index contributed by atoms with van der Waals surface area (Å²) in [6.07, 6.45) is 3.48. The summed E-state index contributed by atoms with van der Waals surface area (Å²) in [7, 11) is 1.39. The summed E-state index contributed by atoms with van der Waals surface area (Å²) in [5, 5.41) is 0. The lowest BCUT2D eigenvalue weighted by atomic mass is 10.1. The standard InChI is InChI=1S/C17H16FN3O2/c1-11-8-19-10-21(11)9-13-4-5-14(17(22)20-13)12-3-6-15(18)16(7-12)23-2/h3-8,10H,9H2,1-2H3,(H,20,22). The maximum absolute atomic E-state index is 13.5. The van der Waals surface area contributed by atoms with Crippen LogP contribution in [0.5, 0.6) is 5.75 Å². The van der Waals surface area contributed by atoms with Crippen LogP contribution in [0, 0.1) is 12.7 Å². The number of nitrogens with one attached hydrogen (secondary N) is 1. The number of methoxy groups -OCH3 is 1. The molecule has 0 unspecified atom stereocenters. The van der Waals surface area contributed by atoms with Gasteiger partial charge < -0.3 is 14.3 Å². The van der Waals surface area contributed by atoms with Crippen LogP contribution in [-0.2, 0) is 6.54 Å². The van der Waals surface area contributed by atoms with Crippen molar-refractivity contribution in [3.8, 4) is 16.9 Å². The summed E-state index contributed by atoms with van der Waals surface area (Å²) in [4.78, 5) is 19.2. The van der Waals surface area contributed by atoms with Crippen molar-refractivity contribution in [1.29, 1.82) is 0 Å². The van der Waals surface area contributed by atoms with Crippen LogP contribution in [0.3, 0.4) is 0 Å². The van der Waals surface area contributed by atoms with Gasteiger partial charge in [0.05, 0.1) is 20.0 Å². The summed E-state index contributed by atoms with van der Waals surface area (Å²) in [6.45, 7) is 2.48. The number of hydrogen-bond acceptors (Lipinski definition) is 3. The molecule has 2 aromatic heterocycles. The third kappa shape index (κ3) is 3.01. The Labute approximate surface area is 132 Å². The first-order valence-electron chi connectivity index (χ1n) is 7.11. The van der Waals surface area contributed by atoms with Crippen LogP contribution in [0.15, 0.2) is 47.7 Å². The number of hydrogen-bond donors (Lipinski definition) is 1. The van der Waals surface area contributed by atoms with Gasteiger partial charge in [-0.05, 0) is 36.8 Å². The first kappa shape index (κ1) is 15.0. The molecule has 0 radical (unpaired) electrons. The van der Waals surface area contributed by atoms with E-state index in [-0.39, 0.29) is 11.3 Å². The van der Waals surface area contributed by atoms with E-state index in [1.54, 1.807) is 24.7 Å². The lowest BCUT2D eigenvalue weighted by molar-refractivity contribution is 0.387. The van der Waals surface area contributed by atoms with Crippen molar-refractivity contribution < 1.29 is 9.13 Å². The van der Waals surface area contributed by atoms with Crippen LogP contribution in [0.25, 0.3) is 11.1 Å². The number of imidazole rings is 1. The van der Waals surface area contributed by atoms with Gasteiger partial charge in [-0.1, -0.05) is 6.07 Å². The van der Waals surface area contributed by atoms with Gasteiger partial charge in [0.2, 0.25) is 0 Å². The second-order valence-corrected chi connectivity index (χ2v) is 5.24. The molecule has 5 nitrogen and oxygen atoms in total. The molecular weight excluding hydrogens is 297 g/mol. The van der Waals surface area contributed by atoms with Gasteiger partial charge in [0.25, 0.3) is 5.56 Å². The monoisotopic (exact) mass is 313 g/mol. The first-order chi connectivity index (χ1) is 11.1. The molecule has 0 saturated heterocycles. The Balaban J connectivity index is 1.93. The Morgan fingerprint density at radius 1 is 1.30 bits per heavy atom. The smallest absolute Gasteiger partial charge is 0.256 e. The number of halogens is 1. The van der Waals surface area contributed by atoms with Gasteiger partial charge in [-0.15, -0.1) is 0 Å². The highest BCUT2D eigenvalue weighted by Gasteiger charge is 2.09. The molecule has 0 bridgehead atoms. The van der Waals surface area contributed by atoms with Crippen LogP contribution in [0.2, 0.25) is 0 Å². The summed E-state index contributed by atoms with van der Waals surface area (Å²) >= 11 is 0. The molecule has 23 heavy (non-hydrogen) atoms. The average molecular weight is 313 g/mol. The molecule has 1 aromatic carbocycles. The highest BCUT2D eigenvalue weighted by Crippen LogP contribution is 2.24. The molecule has 1 N–H and O–H groups in total. The van der Waals surface area contributed by atoms with Crippen molar-refractivity contribution in [2.75, 3.05) is 7.11 Å². The highest BCUT2D eigenvalue weighted by molar-refractivity contribution is 5.64. The van der Waals surface area contributed by atoms with E-state index in [9.17, 15) is 9.18 Å². The number of aromatic nitrogens is 3. The van der Waals surface area contributed by atoms with Crippen molar-refractivity contribution in [2.24, 2.45) is 0 Å². The molecule has 3 aromatic rings. The van der Waals surface area contributed by atoms with Gasteiger partial charge in [-0.25, -0.2) is 9.37 Å². The minimum Gasteiger partial charge on any atom is -0.494 e. The zero-order chi connectivity index (χ0) is 16.4. The van der Waals surface area contributed by atoms with Gasteiger partial charge in [-0.2, -0.15) is 0 Å². The minimum atomic E-state index is -0.458. The predicted molar refractivity (Wildman–Crippen MR) is 85.1 cm³/mol. The minimum absolute atomic E-state index is 0.111. The predicted octanol–water partition coefficient (Wildman–Crippen LogP) is 2.74. The van der Waals surface area contributed by atoms with Crippen molar-refractivity contribution in [1.82, 2.24) is 14.5 Å². The maximum atomic E-state index is 13.5. The molecule has 0 atom stereocenters. The third-order valence-corrected chi connectivity index (χ3v) is 3.69. The van der Waals surface area contributed by atoms with Gasteiger partial charge >= 0.3 is 0 Å². The van der Waals surface area contributed by atoms with E-state index < -0.39 is 5.82 Å². The van der Waals surface area contributed by atoms with Crippen LogP contribution in [0.1, 0.15) is 11.4 Å². The third-order valence-electron chi connectivity index (χ3n) is 3.69. The van der Waals surface area contributed by atoms with Gasteiger partial charge in [0.1, 0.15) is 0 Å². The molecule has 3 rings (SSSR count). The fraction of sp³-hybridized carbons (Fsp3) is 0.176. The number of rotatable bonds is 4. The van der Waals surface area contributed by atoms with Crippen molar-refractivity contribution in [2.45, 2.75) is 13.5 Å². The fourth-order valence-electron chi connectivity index (χ4n) is 2.40. The molecule has 0 amide bonds. The Hall–Kier alpha value is -2.89. The lowest BCUT2D eigenvalue weighted by Crippen LogP contribution is -2.13. The lowest BCUT2D eigenvalue weighted by Gasteiger charge is -2.08. The number of nitrogens with zero attached hydrogens (tertiary/aromatic N) is 2. The Bertz CT molecular complexity index is 899. The summed E-state index contributed by atoms with van der Waals surface area (Å²) in [6, 6.07) is 7.93. The van der Waals surface area contributed by atoms with Crippen LogP contribution in [0.4, 0.5) is 4.39 Å². The zero-order valence-electron chi connectivity index (χ0n) is 12.8. The topological polar surface area (TPSA) is 59.9 Å². The first-order valence-corrected chi connectivity index (χ1v) is 7.11. The van der Waals surface area contributed by atoms with Gasteiger partial charge in [0.15, 0.2) is 11.6 Å². The SMILES string of the molecule is COc1cc(-c2ccc(Cn3cncc3C)[nH]c2=O)ccc1F. The number of pyridine rings is 1. The quantitative estimate of drug-likeness (QED) is 0.805. The van der Waals surface area contributed by atoms with Crippen LogP contribution in [-0.4, -0.2) is 21.6 Å². The largest absolute Gasteiger partial charge is 0.494 e. The number of benzene rings is 1. The van der Waals surface area contributed by atoms with E-state index in [0.29, 0.717) is 17.7 Å². The molecule has 6 heteroatoms. The second-order valence-electron chi connectivity index (χ2n) is 5.24. The fourth-order valence-corrected chi connectivity index (χ4v) is 2.40. The van der Waals surface area contributed by atoms with E-state index >= 15 is 0 Å². The molecule has 0 spiro atoms. The Morgan fingerprint density at radius 2 is 2.13 bits per heavy atom. The summed E-state index contributed by atoms with van der Waals surface area (Å²) in [5.41, 5.74) is 2.63. The van der Waals surface area contributed by atoms with E-state index in [1.165, 1.54) is 19.2 Å². The Morgan fingerprint density at radius 3 is 2.78 bits per heavy atom. The molecule has 0 aliphatic heterocycles. The number of ether oxygens (including phenoxy) is 1. The molecule has 0 saturated carbocycles. The number of aromatic amines is 1. The molecule has 2 heterocycles. The second kappa shape index (κ2) is 6.08. The molecule has 0 aliphatic rings. The van der Waals surface area contributed by atoms with Gasteiger partial charge in [0, 0.05) is 23.1 Å². The molecule has 0 aliphatic carbocycles. The zero-order valence-corrected chi connectivity index (χ0v) is 12.8. The molecular formula is C17H16FN3O2. The van der Waals surface area contributed by atoms with Crippen LogP contribution >= 0.6 is 0 Å². The van der Waals surface area contributed by atoms with E-state index in [1.807, 2.05) is 17.6 Å². The molecule has 0 fully saturated rings. The average Bonchev–Trinajstić information content (AvgIpc) is 2.93. The van der Waals surface area contributed by atoms with Crippen LogP contribution < -0.4 is 10.3 Å². The summed E-state index contributed by atoms with van der Waals surface area (Å²) in [5.74, 6) is -0.347.